The summed E-state index contributed by atoms with van der Waals surface area (Å²) in [7, 11) is -2.96. The van der Waals surface area contributed by atoms with E-state index in [1.807, 2.05) is 6.92 Å². The lowest BCUT2D eigenvalue weighted by molar-refractivity contribution is -0.0421. The highest BCUT2D eigenvalue weighted by atomic mass is 28.3. The van der Waals surface area contributed by atoms with E-state index in [2.05, 4.69) is 4.43 Å². The number of aliphatic hydroxyl groups excluding tert-OH is 1. The maximum Gasteiger partial charge on any atom is 0.766 e. The second-order valence-corrected chi connectivity index (χ2v) is 2.39. The molecular formula is C4H10O4Si. The molecule has 1 atom stereocenters. The third-order valence-corrected chi connectivity index (χ3v) is 1.25. The molecule has 0 bridgehead atoms. The molecule has 0 aromatic heterocycles. The van der Waals surface area contributed by atoms with Gasteiger partial charge in [0.1, 0.15) is 0 Å². The van der Waals surface area contributed by atoms with Crippen molar-refractivity contribution in [2.24, 2.45) is 0 Å². The summed E-state index contributed by atoms with van der Waals surface area (Å²) in [4.78, 5) is 8.11. The number of hydrogen-bond acceptors (Lipinski definition) is 3. The zero-order valence-corrected chi connectivity index (χ0v) is 6.20. The summed E-state index contributed by atoms with van der Waals surface area (Å²) in [5.41, 5.74) is 0. The Morgan fingerprint density at radius 3 is 2.67 bits per heavy atom. The van der Waals surface area contributed by atoms with Crippen LogP contribution in [0.5, 0.6) is 0 Å². The van der Waals surface area contributed by atoms with E-state index < -0.39 is 15.5 Å². The van der Waals surface area contributed by atoms with Crippen molar-refractivity contribution >= 4 is 9.17 Å². The Bertz CT molecular complexity index is 94.6. The molecule has 4 nitrogen and oxygen atoms in total. The zero-order valence-electron chi connectivity index (χ0n) is 5.20. The van der Waals surface area contributed by atoms with Gasteiger partial charge in [-0.05, 0) is 0 Å². The minimum atomic E-state index is -2.96. The van der Waals surface area contributed by atoms with Gasteiger partial charge in [-0.3, -0.25) is 4.46 Å². The van der Waals surface area contributed by atoms with Crippen LogP contribution in [0.1, 0.15) is 19.8 Å². The lowest BCUT2D eigenvalue weighted by atomic mass is 10.3. The first-order valence-corrected chi connectivity index (χ1v) is 4.00. The fourth-order valence-corrected chi connectivity index (χ4v) is 0.773. The molecule has 0 aromatic rings. The van der Waals surface area contributed by atoms with Gasteiger partial charge in [0, 0.05) is 6.42 Å². The van der Waals surface area contributed by atoms with Gasteiger partial charge in [0.05, 0.1) is 0 Å². The second kappa shape index (κ2) is 4.46. The molecule has 0 aromatic carbocycles. The van der Waals surface area contributed by atoms with Crippen molar-refractivity contribution < 1.29 is 18.8 Å². The topological polar surface area (TPSA) is 66.8 Å². The minimum Gasteiger partial charge on any atom is -0.511 e. The van der Waals surface area contributed by atoms with Crippen molar-refractivity contribution in [2.75, 3.05) is 0 Å². The fraction of sp³-hybridized carbons (Fsp3) is 1.00. The summed E-state index contributed by atoms with van der Waals surface area (Å²) in [6.45, 7) is 1.85. The van der Waals surface area contributed by atoms with Crippen LogP contribution < -0.4 is 0 Å². The molecule has 1 unspecified atom stereocenters. The van der Waals surface area contributed by atoms with E-state index in [4.69, 9.17) is 9.90 Å². The van der Waals surface area contributed by atoms with Crippen LogP contribution in [0, 0.1) is 0 Å². The highest BCUT2D eigenvalue weighted by Crippen LogP contribution is 1.95. The molecule has 2 N–H and O–H groups in total. The Morgan fingerprint density at radius 1 is 1.78 bits per heavy atom. The monoisotopic (exact) mass is 150 g/mol. The van der Waals surface area contributed by atoms with E-state index >= 15 is 0 Å². The molecule has 0 amide bonds. The molecule has 0 radical (unpaired) electrons. The third kappa shape index (κ3) is 5.45. The molecule has 0 aliphatic rings. The molecule has 5 heteroatoms. The maximum absolute atomic E-state index is 9.89. The lowest BCUT2D eigenvalue weighted by Gasteiger charge is -2.06. The smallest absolute Gasteiger partial charge is 0.511 e. The molecule has 0 aliphatic heterocycles. The summed E-state index contributed by atoms with van der Waals surface area (Å²) in [6, 6.07) is 0. The Morgan fingerprint density at radius 2 is 2.33 bits per heavy atom. The summed E-state index contributed by atoms with van der Waals surface area (Å²) < 4.78 is 14.0. The van der Waals surface area contributed by atoms with Crippen LogP contribution in [0.2, 0.25) is 0 Å². The number of rotatable bonds is 4. The van der Waals surface area contributed by atoms with E-state index in [1.165, 1.54) is 0 Å². The molecule has 0 rings (SSSR count). The average Bonchev–Trinajstić information content (AvgIpc) is 1.63. The zero-order chi connectivity index (χ0) is 7.28. The molecule has 0 saturated heterocycles. The summed E-state index contributed by atoms with van der Waals surface area (Å²) in [5, 5.41) is 8.66. The SMILES string of the molecule is CCCC(O)O[Si](=O)O. The van der Waals surface area contributed by atoms with E-state index in [9.17, 15) is 4.46 Å². The lowest BCUT2D eigenvalue weighted by Crippen LogP contribution is -2.18. The Kier molecular flexibility index (Phi) is 4.25. The third-order valence-electron chi connectivity index (χ3n) is 0.772. The van der Waals surface area contributed by atoms with Gasteiger partial charge in [0.2, 0.25) is 0 Å². The molecule has 9 heavy (non-hydrogen) atoms. The van der Waals surface area contributed by atoms with Crippen LogP contribution in [0.15, 0.2) is 0 Å². The van der Waals surface area contributed by atoms with Crippen LogP contribution in [0.25, 0.3) is 0 Å². The normalized spacial score (nSPS) is 12.7. The van der Waals surface area contributed by atoms with Crippen molar-refractivity contribution in [2.45, 2.75) is 26.1 Å². The van der Waals surface area contributed by atoms with Gasteiger partial charge < -0.3 is 14.3 Å². The molecule has 0 heterocycles. The molecule has 0 saturated carbocycles. The van der Waals surface area contributed by atoms with Crippen LogP contribution >= 0.6 is 0 Å². The van der Waals surface area contributed by atoms with Gasteiger partial charge in [-0.2, -0.15) is 0 Å². The number of aliphatic hydroxyl groups is 1. The minimum absolute atomic E-state index is 0.400. The Labute approximate surface area is 55.0 Å². The first-order valence-electron chi connectivity index (χ1n) is 2.74. The molecule has 0 aliphatic carbocycles. The predicted octanol–water partition coefficient (Wildman–Crippen LogP) is -0.471. The van der Waals surface area contributed by atoms with Gasteiger partial charge in [-0.15, -0.1) is 0 Å². The van der Waals surface area contributed by atoms with Crippen molar-refractivity contribution in [3.63, 3.8) is 0 Å². The van der Waals surface area contributed by atoms with E-state index in [-0.39, 0.29) is 0 Å². The highest BCUT2D eigenvalue weighted by Gasteiger charge is 2.10. The predicted molar refractivity (Wildman–Crippen MR) is 30.7 cm³/mol. The van der Waals surface area contributed by atoms with Crippen molar-refractivity contribution in [3.05, 3.63) is 0 Å². The van der Waals surface area contributed by atoms with E-state index in [1.54, 1.807) is 0 Å². The highest BCUT2D eigenvalue weighted by molar-refractivity contribution is 6.24. The van der Waals surface area contributed by atoms with Gasteiger partial charge >= 0.3 is 9.17 Å². The van der Waals surface area contributed by atoms with Crippen LogP contribution in [-0.2, 0) is 8.89 Å². The van der Waals surface area contributed by atoms with Crippen molar-refractivity contribution in [3.8, 4) is 0 Å². The fourth-order valence-electron chi connectivity index (χ4n) is 0.422. The quantitative estimate of drug-likeness (QED) is 0.420. The van der Waals surface area contributed by atoms with Crippen molar-refractivity contribution in [1.82, 2.24) is 0 Å². The maximum atomic E-state index is 9.89. The summed E-state index contributed by atoms with van der Waals surface area (Å²) in [5.74, 6) is 0. The van der Waals surface area contributed by atoms with Crippen LogP contribution in [0.4, 0.5) is 0 Å². The largest absolute Gasteiger partial charge is 0.766 e. The van der Waals surface area contributed by atoms with E-state index in [0.29, 0.717) is 6.42 Å². The average molecular weight is 150 g/mol. The molecule has 54 valence electrons. The molecule has 0 spiro atoms. The van der Waals surface area contributed by atoms with Gasteiger partial charge in [0.25, 0.3) is 0 Å². The van der Waals surface area contributed by atoms with Crippen LogP contribution in [0.3, 0.4) is 0 Å². The Hall–Kier alpha value is -0.423. The first-order chi connectivity index (χ1) is 4.16. The summed E-state index contributed by atoms with van der Waals surface area (Å²) in [6.07, 6.45) is 0.0548. The standard InChI is InChI=1S/C4H10O4Si/c1-2-3-4(5)8-9(6)7/h4-6H,2-3H2,1H3. The van der Waals surface area contributed by atoms with Gasteiger partial charge in [0.15, 0.2) is 6.29 Å². The molecule has 0 fully saturated rings. The van der Waals surface area contributed by atoms with Gasteiger partial charge in [-0.25, -0.2) is 0 Å². The Balaban J connectivity index is 3.26. The van der Waals surface area contributed by atoms with Crippen LogP contribution in [-0.4, -0.2) is 25.4 Å². The van der Waals surface area contributed by atoms with Crippen molar-refractivity contribution in [1.29, 1.82) is 0 Å². The second-order valence-electron chi connectivity index (χ2n) is 1.63. The first kappa shape index (κ1) is 8.58. The van der Waals surface area contributed by atoms with E-state index in [0.717, 1.165) is 6.42 Å². The van der Waals surface area contributed by atoms with Gasteiger partial charge in [-0.1, -0.05) is 13.3 Å². The molecular weight excluding hydrogens is 140 g/mol. The number of hydrogen-bond donors (Lipinski definition) is 2. The summed E-state index contributed by atoms with van der Waals surface area (Å²) >= 11 is 0.